The number of thioether (sulfide) groups is 1. The first-order chi connectivity index (χ1) is 11.5. The van der Waals surface area contributed by atoms with E-state index < -0.39 is 23.4 Å². The van der Waals surface area contributed by atoms with Crippen molar-refractivity contribution in [3.63, 3.8) is 0 Å². The largest absolute Gasteiger partial charge is 0.452 e. The molecule has 8 heteroatoms. The quantitative estimate of drug-likeness (QED) is 0.373. The summed E-state index contributed by atoms with van der Waals surface area (Å²) in [6, 6.07) is 12.5. The van der Waals surface area contributed by atoms with E-state index in [9.17, 15) is 19.7 Å². The summed E-state index contributed by atoms with van der Waals surface area (Å²) in [6.45, 7) is -0.533. The number of para-hydroxylation sites is 2. The van der Waals surface area contributed by atoms with Crippen LogP contribution in [0.4, 0.5) is 11.4 Å². The summed E-state index contributed by atoms with van der Waals surface area (Å²) in [7, 11) is 0. The zero-order valence-electron chi connectivity index (χ0n) is 12.7. The van der Waals surface area contributed by atoms with Crippen molar-refractivity contribution in [3.05, 3.63) is 64.2 Å². The lowest BCUT2D eigenvalue weighted by Crippen LogP contribution is -2.21. The zero-order chi connectivity index (χ0) is 17.5. The molecule has 2 aromatic rings. The number of carbonyl (C=O) groups excluding carboxylic acids is 2. The Labute approximate surface area is 142 Å². The highest BCUT2D eigenvalue weighted by molar-refractivity contribution is 7.98. The van der Waals surface area contributed by atoms with Crippen LogP contribution < -0.4 is 5.32 Å². The van der Waals surface area contributed by atoms with Crippen molar-refractivity contribution in [1.82, 2.24) is 0 Å². The van der Waals surface area contributed by atoms with Gasteiger partial charge in [-0.2, -0.15) is 0 Å². The van der Waals surface area contributed by atoms with E-state index in [0.717, 1.165) is 4.90 Å². The third-order valence-corrected chi connectivity index (χ3v) is 3.78. The first-order valence-corrected chi connectivity index (χ1v) is 8.08. The molecule has 0 aliphatic rings. The van der Waals surface area contributed by atoms with Gasteiger partial charge in [-0.3, -0.25) is 14.9 Å². The van der Waals surface area contributed by atoms with E-state index >= 15 is 0 Å². The molecule has 0 aromatic heterocycles. The Kier molecular flexibility index (Phi) is 5.91. The number of esters is 1. The number of ether oxygens (including phenoxy) is 1. The first kappa shape index (κ1) is 17.5. The lowest BCUT2D eigenvalue weighted by Gasteiger charge is -2.07. The fourth-order valence-electron chi connectivity index (χ4n) is 1.87. The Hall–Kier alpha value is -2.87. The number of nitrogens with zero attached hydrogens (tertiary/aromatic N) is 1. The van der Waals surface area contributed by atoms with Gasteiger partial charge < -0.3 is 10.1 Å². The highest BCUT2D eigenvalue weighted by Crippen LogP contribution is 2.23. The minimum Gasteiger partial charge on any atom is -0.452 e. The Balaban J connectivity index is 1.93. The van der Waals surface area contributed by atoms with Crippen LogP contribution in [-0.4, -0.2) is 29.7 Å². The van der Waals surface area contributed by atoms with Crippen LogP contribution in [0.15, 0.2) is 53.4 Å². The summed E-state index contributed by atoms with van der Waals surface area (Å²) in [5.74, 6) is -1.29. The van der Waals surface area contributed by atoms with Crippen LogP contribution in [0.3, 0.4) is 0 Å². The molecule has 0 saturated carbocycles. The number of nitro benzene ring substituents is 1. The fourth-order valence-corrected chi connectivity index (χ4v) is 2.27. The van der Waals surface area contributed by atoms with E-state index in [2.05, 4.69) is 5.32 Å². The van der Waals surface area contributed by atoms with Gasteiger partial charge in [0.05, 0.1) is 10.5 Å². The second kappa shape index (κ2) is 8.11. The Morgan fingerprint density at radius 3 is 2.46 bits per heavy atom. The van der Waals surface area contributed by atoms with Crippen LogP contribution in [0.2, 0.25) is 0 Å². The Bertz CT molecular complexity index is 761. The predicted octanol–water partition coefficient (Wildman–Crippen LogP) is 3.11. The second-order valence-corrected chi connectivity index (χ2v) is 5.51. The van der Waals surface area contributed by atoms with E-state index in [0.29, 0.717) is 5.56 Å². The number of benzene rings is 2. The van der Waals surface area contributed by atoms with Crippen LogP contribution >= 0.6 is 11.8 Å². The van der Waals surface area contributed by atoms with Gasteiger partial charge in [-0.05, 0) is 36.6 Å². The molecule has 0 bridgehead atoms. The van der Waals surface area contributed by atoms with Crippen molar-refractivity contribution < 1.29 is 19.2 Å². The number of hydrogen-bond acceptors (Lipinski definition) is 6. The van der Waals surface area contributed by atoms with E-state index in [4.69, 9.17) is 4.74 Å². The minimum absolute atomic E-state index is 0.0490. The van der Waals surface area contributed by atoms with Gasteiger partial charge in [0.15, 0.2) is 6.61 Å². The molecular formula is C16H14N2O5S. The van der Waals surface area contributed by atoms with Crippen LogP contribution in [0.25, 0.3) is 0 Å². The molecule has 1 amide bonds. The van der Waals surface area contributed by atoms with Crippen LogP contribution in [-0.2, 0) is 9.53 Å². The van der Waals surface area contributed by atoms with Crippen molar-refractivity contribution in [2.24, 2.45) is 0 Å². The van der Waals surface area contributed by atoms with Crippen LogP contribution in [0.5, 0.6) is 0 Å². The van der Waals surface area contributed by atoms with E-state index in [1.54, 1.807) is 42.1 Å². The summed E-state index contributed by atoms with van der Waals surface area (Å²) in [6.07, 6.45) is 1.92. The average Bonchev–Trinajstić information content (AvgIpc) is 2.60. The van der Waals surface area contributed by atoms with Gasteiger partial charge in [0, 0.05) is 11.0 Å². The van der Waals surface area contributed by atoms with E-state index in [1.165, 1.54) is 18.2 Å². The minimum atomic E-state index is -0.654. The normalized spacial score (nSPS) is 10.0. The summed E-state index contributed by atoms with van der Waals surface area (Å²) in [5, 5.41) is 13.2. The Morgan fingerprint density at radius 1 is 1.17 bits per heavy atom. The van der Waals surface area contributed by atoms with Crippen LogP contribution in [0, 0.1) is 10.1 Å². The maximum atomic E-state index is 11.9. The molecule has 24 heavy (non-hydrogen) atoms. The third-order valence-electron chi connectivity index (χ3n) is 3.03. The molecule has 0 atom stereocenters. The molecule has 0 unspecified atom stereocenters. The molecule has 0 spiro atoms. The second-order valence-electron chi connectivity index (χ2n) is 4.63. The fraction of sp³-hybridized carbons (Fsp3) is 0.125. The van der Waals surface area contributed by atoms with E-state index in [1.807, 2.05) is 6.26 Å². The SMILES string of the molecule is CSc1ccc(C(=O)OCC(=O)Nc2ccccc2[N+](=O)[O-])cc1. The summed E-state index contributed by atoms with van der Waals surface area (Å²) >= 11 is 1.54. The van der Waals surface area contributed by atoms with Crippen molar-refractivity contribution >= 4 is 35.0 Å². The molecular weight excluding hydrogens is 332 g/mol. The van der Waals surface area contributed by atoms with Gasteiger partial charge in [0.2, 0.25) is 0 Å². The van der Waals surface area contributed by atoms with Gasteiger partial charge in [0.1, 0.15) is 5.69 Å². The predicted molar refractivity (Wildman–Crippen MR) is 90.2 cm³/mol. The highest BCUT2D eigenvalue weighted by Gasteiger charge is 2.16. The molecule has 0 radical (unpaired) electrons. The number of amides is 1. The summed E-state index contributed by atoms with van der Waals surface area (Å²) < 4.78 is 4.91. The number of hydrogen-bond donors (Lipinski definition) is 1. The van der Waals surface area contributed by atoms with Crippen molar-refractivity contribution in [2.75, 3.05) is 18.2 Å². The molecule has 0 fully saturated rings. The summed E-state index contributed by atoms with van der Waals surface area (Å²) in [5.41, 5.74) is 0.143. The first-order valence-electron chi connectivity index (χ1n) is 6.85. The molecule has 1 N–H and O–H groups in total. The van der Waals surface area contributed by atoms with Crippen molar-refractivity contribution in [1.29, 1.82) is 0 Å². The number of carbonyl (C=O) groups is 2. The van der Waals surface area contributed by atoms with Crippen LogP contribution in [0.1, 0.15) is 10.4 Å². The van der Waals surface area contributed by atoms with Gasteiger partial charge in [-0.25, -0.2) is 4.79 Å². The molecule has 2 rings (SSSR count). The monoisotopic (exact) mass is 346 g/mol. The summed E-state index contributed by atoms with van der Waals surface area (Å²) in [4.78, 5) is 34.9. The molecule has 2 aromatic carbocycles. The van der Waals surface area contributed by atoms with Gasteiger partial charge in [0.25, 0.3) is 11.6 Å². The van der Waals surface area contributed by atoms with Gasteiger partial charge in [-0.15, -0.1) is 11.8 Å². The molecule has 124 valence electrons. The number of nitro groups is 1. The zero-order valence-corrected chi connectivity index (χ0v) is 13.5. The standard InChI is InChI=1S/C16H14N2O5S/c1-24-12-8-6-11(7-9-12)16(20)23-10-15(19)17-13-4-2-3-5-14(13)18(21)22/h2-9H,10H2,1H3,(H,17,19). The van der Waals surface area contributed by atoms with E-state index in [-0.39, 0.29) is 11.4 Å². The maximum Gasteiger partial charge on any atom is 0.338 e. The maximum absolute atomic E-state index is 11.9. The number of nitrogens with one attached hydrogen (secondary N) is 1. The molecule has 0 heterocycles. The average molecular weight is 346 g/mol. The van der Waals surface area contributed by atoms with Gasteiger partial charge in [-0.1, -0.05) is 12.1 Å². The van der Waals surface area contributed by atoms with Crippen molar-refractivity contribution in [3.8, 4) is 0 Å². The number of rotatable bonds is 6. The molecule has 0 aliphatic heterocycles. The lowest BCUT2D eigenvalue weighted by molar-refractivity contribution is -0.383. The van der Waals surface area contributed by atoms with Gasteiger partial charge >= 0.3 is 5.97 Å². The lowest BCUT2D eigenvalue weighted by atomic mass is 10.2. The third kappa shape index (κ3) is 4.56. The molecule has 0 saturated heterocycles. The smallest absolute Gasteiger partial charge is 0.338 e. The topological polar surface area (TPSA) is 98.5 Å². The number of anilines is 1. The molecule has 0 aliphatic carbocycles. The highest BCUT2D eigenvalue weighted by atomic mass is 32.2. The molecule has 7 nitrogen and oxygen atoms in total. The Morgan fingerprint density at radius 2 is 1.83 bits per heavy atom. The van der Waals surface area contributed by atoms with Crippen molar-refractivity contribution in [2.45, 2.75) is 4.90 Å².